The minimum Gasteiger partial charge on any atom is -0.492 e. The Labute approximate surface area is 145 Å². The van der Waals surface area contributed by atoms with Crippen LogP contribution in [-0.2, 0) is 11.2 Å². The summed E-state index contributed by atoms with van der Waals surface area (Å²) in [6.45, 7) is 0.969. The van der Waals surface area contributed by atoms with E-state index in [0.29, 0.717) is 19.6 Å². The van der Waals surface area contributed by atoms with Crippen LogP contribution in [0.1, 0.15) is 18.4 Å². The molecule has 0 aliphatic heterocycles. The number of amides is 1. The van der Waals surface area contributed by atoms with Gasteiger partial charge >= 0.3 is 0 Å². The van der Waals surface area contributed by atoms with Crippen LogP contribution < -0.4 is 15.8 Å². The largest absolute Gasteiger partial charge is 0.492 e. The molecule has 5 heteroatoms. The second-order valence-corrected chi connectivity index (χ2v) is 6.01. The molecule has 122 valence electrons. The van der Waals surface area contributed by atoms with Crippen molar-refractivity contribution in [2.24, 2.45) is 5.73 Å². The average molecular weight is 377 g/mol. The van der Waals surface area contributed by atoms with Crippen molar-refractivity contribution in [2.75, 3.05) is 18.5 Å². The first-order valence-corrected chi connectivity index (χ1v) is 8.44. The molecule has 23 heavy (non-hydrogen) atoms. The van der Waals surface area contributed by atoms with Crippen molar-refractivity contribution in [1.82, 2.24) is 0 Å². The number of benzene rings is 2. The van der Waals surface area contributed by atoms with Crippen molar-refractivity contribution >= 4 is 27.5 Å². The fourth-order valence-corrected chi connectivity index (χ4v) is 2.66. The number of hydrogen-bond acceptors (Lipinski definition) is 3. The van der Waals surface area contributed by atoms with Gasteiger partial charge in [-0.05, 0) is 48.7 Å². The predicted octanol–water partition coefficient (Wildman–Crippen LogP) is 3.75. The molecule has 0 spiro atoms. The van der Waals surface area contributed by atoms with Gasteiger partial charge in [0.05, 0.1) is 0 Å². The first-order chi connectivity index (χ1) is 11.2. The molecule has 4 nitrogen and oxygen atoms in total. The maximum Gasteiger partial charge on any atom is 0.224 e. The molecule has 0 saturated heterocycles. The Balaban J connectivity index is 1.75. The van der Waals surface area contributed by atoms with Crippen molar-refractivity contribution in [1.29, 1.82) is 0 Å². The van der Waals surface area contributed by atoms with Gasteiger partial charge in [0.2, 0.25) is 5.91 Å². The molecule has 0 saturated carbocycles. The van der Waals surface area contributed by atoms with Gasteiger partial charge in [0.15, 0.2) is 0 Å². The number of carbonyl (C=O) groups excluding carboxylic acids is 1. The van der Waals surface area contributed by atoms with Crippen LogP contribution in [0.4, 0.5) is 5.69 Å². The highest BCUT2D eigenvalue weighted by Crippen LogP contribution is 2.19. The third-order valence-corrected chi connectivity index (χ3v) is 4.11. The summed E-state index contributed by atoms with van der Waals surface area (Å²) in [5.74, 6) is 0.773. The second-order valence-electron chi connectivity index (χ2n) is 5.15. The van der Waals surface area contributed by atoms with Crippen LogP contribution in [-0.4, -0.2) is 19.1 Å². The molecule has 0 fully saturated rings. The molecule has 0 aromatic heterocycles. The van der Waals surface area contributed by atoms with E-state index in [1.54, 1.807) is 0 Å². The first-order valence-electron chi connectivity index (χ1n) is 7.65. The molecular weight excluding hydrogens is 356 g/mol. The zero-order valence-corrected chi connectivity index (χ0v) is 14.5. The number of ether oxygens (including phenoxy) is 1. The molecule has 0 atom stereocenters. The number of nitrogens with two attached hydrogens (primary N) is 1. The van der Waals surface area contributed by atoms with Gasteiger partial charge in [-0.3, -0.25) is 4.79 Å². The lowest BCUT2D eigenvalue weighted by Crippen LogP contribution is -2.12. The third-order valence-electron chi connectivity index (χ3n) is 3.33. The average Bonchev–Trinajstić information content (AvgIpc) is 2.56. The van der Waals surface area contributed by atoms with E-state index in [0.717, 1.165) is 28.8 Å². The van der Waals surface area contributed by atoms with Gasteiger partial charge in [0, 0.05) is 23.1 Å². The van der Waals surface area contributed by atoms with E-state index in [9.17, 15) is 4.79 Å². The van der Waals surface area contributed by atoms with Gasteiger partial charge in [-0.1, -0.05) is 34.1 Å². The lowest BCUT2D eigenvalue weighted by Gasteiger charge is -2.08. The Morgan fingerprint density at radius 2 is 1.87 bits per heavy atom. The molecule has 2 aromatic rings. The van der Waals surface area contributed by atoms with Gasteiger partial charge < -0.3 is 15.8 Å². The van der Waals surface area contributed by atoms with Gasteiger partial charge in [0.25, 0.3) is 0 Å². The minimum absolute atomic E-state index is 0.0210. The topological polar surface area (TPSA) is 64.3 Å². The van der Waals surface area contributed by atoms with Crippen molar-refractivity contribution < 1.29 is 9.53 Å². The first kappa shape index (κ1) is 17.5. The Morgan fingerprint density at radius 3 is 2.57 bits per heavy atom. The number of hydrogen-bond donors (Lipinski definition) is 2. The van der Waals surface area contributed by atoms with E-state index in [-0.39, 0.29) is 5.91 Å². The van der Waals surface area contributed by atoms with Gasteiger partial charge in [-0.15, -0.1) is 0 Å². The maximum atomic E-state index is 12.0. The molecule has 0 heterocycles. The molecule has 2 aromatic carbocycles. The molecule has 0 radical (unpaired) electrons. The Bertz CT molecular complexity index is 629. The van der Waals surface area contributed by atoms with Crippen LogP contribution in [0.25, 0.3) is 0 Å². The Kier molecular flexibility index (Phi) is 7.10. The molecule has 1 amide bonds. The molecule has 3 N–H and O–H groups in total. The van der Waals surface area contributed by atoms with Crippen molar-refractivity contribution in [3.05, 3.63) is 58.6 Å². The van der Waals surface area contributed by atoms with Gasteiger partial charge in [-0.25, -0.2) is 0 Å². The second kappa shape index (κ2) is 9.33. The number of aryl methyl sites for hydroxylation is 1. The van der Waals surface area contributed by atoms with E-state index in [2.05, 4.69) is 27.3 Å². The van der Waals surface area contributed by atoms with Crippen LogP contribution in [0, 0.1) is 0 Å². The molecule has 0 aliphatic rings. The van der Waals surface area contributed by atoms with Crippen LogP contribution in [0.5, 0.6) is 5.75 Å². The fraction of sp³-hybridized carbons (Fsp3) is 0.278. The highest BCUT2D eigenvalue weighted by molar-refractivity contribution is 9.10. The molecule has 0 unspecified atom stereocenters. The van der Waals surface area contributed by atoms with Crippen molar-refractivity contribution in [3.63, 3.8) is 0 Å². The summed E-state index contributed by atoms with van der Waals surface area (Å²) in [5.41, 5.74) is 7.38. The van der Waals surface area contributed by atoms with Crippen LogP contribution in [0.3, 0.4) is 0 Å². The smallest absolute Gasteiger partial charge is 0.224 e. The lowest BCUT2D eigenvalue weighted by atomic mass is 10.1. The van der Waals surface area contributed by atoms with Crippen molar-refractivity contribution in [3.8, 4) is 5.75 Å². The monoisotopic (exact) mass is 376 g/mol. The lowest BCUT2D eigenvalue weighted by molar-refractivity contribution is -0.116. The molecule has 0 bridgehead atoms. The summed E-state index contributed by atoms with van der Waals surface area (Å²) in [6, 6.07) is 15.4. The molecular formula is C18H21BrN2O2. The Hall–Kier alpha value is -1.85. The summed E-state index contributed by atoms with van der Waals surface area (Å²) in [4.78, 5) is 12.0. The Morgan fingerprint density at radius 1 is 1.13 bits per heavy atom. The molecule has 0 aliphatic carbocycles. The van der Waals surface area contributed by atoms with E-state index in [4.69, 9.17) is 10.5 Å². The van der Waals surface area contributed by atoms with E-state index in [1.807, 2.05) is 42.5 Å². The summed E-state index contributed by atoms with van der Waals surface area (Å²) in [7, 11) is 0. The van der Waals surface area contributed by atoms with E-state index < -0.39 is 0 Å². The quantitative estimate of drug-likeness (QED) is 0.737. The molecule has 2 rings (SSSR count). The third kappa shape index (κ3) is 6.04. The SMILES string of the molecule is NCCOc1ccc(NC(=O)CCCc2ccccc2Br)cc1. The van der Waals surface area contributed by atoms with Crippen molar-refractivity contribution in [2.45, 2.75) is 19.3 Å². The summed E-state index contributed by atoms with van der Waals surface area (Å²) in [6.07, 6.45) is 2.18. The van der Waals surface area contributed by atoms with E-state index in [1.165, 1.54) is 5.56 Å². The fourth-order valence-electron chi connectivity index (χ4n) is 2.18. The zero-order chi connectivity index (χ0) is 16.5. The van der Waals surface area contributed by atoms with Crippen LogP contribution in [0.15, 0.2) is 53.0 Å². The zero-order valence-electron chi connectivity index (χ0n) is 12.9. The van der Waals surface area contributed by atoms with E-state index >= 15 is 0 Å². The summed E-state index contributed by atoms with van der Waals surface area (Å²) in [5, 5.41) is 2.90. The number of carbonyl (C=O) groups is 1. The minimum atomic E-state index is 0.0210. The number of rotatable bonds is 8. The normalized spacial score (nSPS) is 10.3. The number of halogens is 1. The summed E-state index contributed by atoms with van der Waals surface area (Å²) >= 11 is 3.52. The number of anilines is 1. The van der Waals surface area contributed by atoms with Gasteiger partial charge in [0.1, 0.15) is 12.4 Å². The summed E-state index contributed by atoms with van der Waals surface area (Å²) < 4.78 is 6.49. The van der Waals surface area contributed by atoms with Crippen LogP contribution >= 0.6 is 15.9 Å². The van der Waals surface area contributed by atoms with Gasteiger partial charge in [-0.2, -0.15) is 0 Å². The highest BCUT2D eigenvalue weighted by atomic mass is 79.9. The maximum absolute atomic E-state index is 12.0. The number of nitrogens with one attached hydrogen (secondary N) is 1. The van der Waals surface area contributed by atoms with Crippen LogP contribution in [0.2, 0.25) is 0 Å². The highest BCUT2D eigenvalue weighted by Gasteiger charge is 2.04. The standard InChI is InChI=1S/C18H21BrN2O2/c19-17-6-2-1-4-14(17)5-3-7-18(22)21-15-8-10-16(11-9-15)23-13-12-20/h1-2,4,6,8-11H,3,5,7,12-13,20H2,(H,21,22). The predicted molar refractivity (Wildman–Crippen MR) is 96.7 cm³/mol.